The van der Waals surface area contributed by atoms with Gasteiger partial charge < -0.3 is 10.4 Å². The van der Waals surface area contributed by atoms with Gasteiger partial charge in [0.15, 0.2) is 5.78 Å². The van der Waals surface area contributed by atoms with Crippen LogP contribution in [-0.4, -0.2) is 29.1 Å². The second-order valence-electron chi connectivity index (χ2n) is 5.03. The third-order valence-corrected chi connectivity index (χ3v) is 4.29. The van der Waals surface area contributed by atoms with Crippen molar-refractivity contribution in [1.29, 1.82) is 0 Å². The quantitative estimate of drug-likeness (QED) is 0.840. The molecule has 0 amide bonds. The Kier molecular flexibility index (Phi) is 4.51. The average Bonchev–Trinajstić information content (AvgIpc) is 2.75. The molecule has 1 aromatic carbocycles. The van der Waals surface area contributed by atoms with E-state index in [1.165, 1.54) is 0 Å². The summed E-state index contributed by atoms with van der Waals surface area (Å²) in [5.41, 5.74) is -0.143. The Morgan fingerprint density at radius 1 is 1.47 bits per heavy atom. The molecule has 0 aliphatic carbocycles. The lowest BCUT2D eigenvalue weighted by atomic mass is 9.83. The van der Waals surface area contributed by atoms with Crippen molar-refractivity contribution in [2.45, 2.75) is 37.8 Å². The molecule has 1 aromatic rings. The van der Waals surface area contributed by atoms with Crippen LogP contribution in [-0.2, 0) is 0 Å². The number of aliphatic hydroxyl groups excluding tert-OH is 1. The Labute approximate surface area is 122 Å². The van der Waals surface area contributed by atoms with Gasteiger partial charge in [-0.2, -0.15) is 0 Å². The van der Waals surface area contributed by atoms with Crippen molar-refractivity contribution in [1.82, 2.24) is 5.32 Å². The highest BCUT2D eigenvalue weighted by Crippen LogP contribution is 2.31. The number of ketones is 1. The highest BCUT2D eigenvalue weighted by Gasteiger charge is 2.43. The maximum absolute atomic E-state index is 12.7. The highest BCUT2D eigenvalue weighted by molar-refractivity contribution is 6.42. The van der Waals surface area contributed by atoms with E-state index in [4.69, 9.17) is 23.2 Å². The maximum atomic E-state index is 12.7. The van der Waals surface area contributed by atoms with Gasteiger partial charge in [0, 0.05) is 18.5 Å². The predicted octanol–water partition coefficient (Wildman–Crippen LogP) is 3.07. The Hall–Kier alpha value is -0.610. The van der Waals surface area contributed by atoms with Gasteiger partial charge in [-0.05, 0) is 24.6 Å². The Morgan fingerprint density at radius 2 is 2.21 bits per heavy atom. The third kappa shape index (κ3) is 2.95. The fourth-order valence-corrected chi connectivity index (χ4v) is 2.98. The van der Waals surface area contributed by atoms with Crippen molar-refractivity contribution in [3.8, 4) is 0 Å². The van der Waals surface area contributed by atoms with Gasteiger partial charge in [0.2, 0.25) is 0 Å². The molecule has 0 unspecified atom stereocenters. The number of aliphatic hydroxyl groups is 1. The summed E-state index contributed by atoms with van der Waals surface area (Å²) in [6.45, 7) is 2.48. The lowest BCUT2D eigenvalue weighted by Gasteiger charge is -2.27. The summed E-state index contributed by atoms with van der Waals surface area (Å²) in [4.78, 5) is 12.7. The minimum atomic E-state index is -0.675. The van der Waals surface area contributed by atoms with E-state index in [0.29, 0.717) is 35.0 Å². The number of hydrogen-bond acceptors (Lipinski definition) is 3. The Morgan fingerprint density at radius 3 is 2.74 bits per heavy atom. The molecule has 1 heterocycles. The number of halogens is 2. The SMILES string of the molecule is CCC[C@]1(C(=O)c2ccc(Cl)c(Cl)c2)C[C@@H](O)CN1. The minimum Gasteiger partial charge on any atom is -0.392 e. The van der Waals surface area contributed by atoms with Crippen LogP contribution in [0, 0.1) is 0 Å². The van der Waals surface area contributed by atoms with E-state index in [2.05, 4.69) is 5.32 Å². The molecule has 0 aromatic heterocycles. The maximum Gasteiger partial charge on any atom is 0.183 e. The summed E-state index contributed by atoms with van der Waals surface area (Å²) in [5.74, 6) is -0.0236. The van der Waals surface area contributed by atoms with E-state index in [1.54, 1.807) is 18.2 Å². The molecule has 3 nitrogen and oxygen atoms in total. The largest absolute Gasteiger partial charge is 0.392 e. The van der Waals surface area contributed by atoms with Crippen LogP contribution in [0.3, 0.4) is 0 Å². The first-order chi connectivity index (χ1) is 8.98. The Bertz CT molecular complexity index is 488. The number of carbonyl (C=O) groups excluding carboxylic acids is 1. The molecule has 5 heteroatoms. The van der Waals surface area contributed by atoms with E-state index >= 15 is 0 Å². The van der Waals surface area contributed by atoms with Gasteiger partial charge in [-0.15, -0.1) is 0 Å². The van der Waals surface area contributed by atoms with Gasteiger partial charge in [-0.3, -0.25) is 4.79 Å². The topological polar surface area (TPSA) is 49.3 Å². The molecule has 0 radical (unpaired) electrons. The van der Waals surface area contributed by atoms with Crippen LogP contribution in [0.25, 0.3) is 0 Å². The van der Waals surface area contributed by atoms with Crippen molar-refractivity contribution in [2.24, 2.45) is 0 Å². The molecule has 1 aliphatic heterocycles. The van der Waals surface area contributed by atoms with E-state index in [0.717, 1.165) is 6.42 Å². The van der Waals surface area contributed by atoms with Gasteiger partial charge in [0.1, 0.15) is 0 Å². The smallest absolute Gasteiger partial charge is 0.183 e. The first kappa shape index (κ1) is 14.8. The molecule has 1 fully saturated rings. The first-order valence-corrected chi connectivity index (χ1v) is 7.17. The minimum absolute atomic E-state index is 0.0236. The highest BCUT2D eigenvalue weighted by atomic mass is 35.5. The van der Waals surface area contributed by atoms with Gasteiger partial charge in [0.25, 0.3) is 0 Å². The normalized spacial score (nSPS) is 26.6. The van der Waals surface area contributed by atoms with Crippen molar-refractivity contribution in [3.05, 3.63) is 33.8 Å². The molecule has 1 saturated heterocycles. The number of benzene rings is 1. The second kappa shape index (κ2) is 5.80. The molecule has 2 N–H and O–H groups in total. The van der Waals surface area contributed by atoms with Gasteiger partial charge in [-0.1, -0.05) is 36.5 Å². The fraction of sp³-hybridized carbons (Fsp3) is 0.500. The molecular weight excluding hydrogens is 285 g/mol. The number of rotatable bonds is 4. The van der Waals surface area contributed by atoms with Crippen LogP contribution in [0.1, 0.15) is 36.5 Å². The number of nitrogens with one attached hydrogen (secondary N) is 1. The molecule has 2 atom stereocenters. The van der Waals surface area contributed by atoms with E-state index in [-0.39, 0.29) is 5.78 Å². The van der Waals surface area contributed by atoms with Crippen LogP contribution >= 0.6 is 23.2 Å². The number of hydrogen-bond donors (Lipinski definition) is 2. The summed E-state index contributed by atoms with van der Waals surface area (Å²) in [6.07, 6.45) is 1.54. The van der Waals surface area contributed by atoms with Crippen LogP contribution in [0.15, 0.2) is 18.2 Å². The van der Waals surface area contributed by atoms with E-state index in [9.17, 15) is 9.90 Å². The van der Waals surface area contributed by atoms with Crippen molar-refractivity contribution in [2.75, 3.05) is 6.54 Å². The van der Waals surface area contributed by atoms with Gasteiger partial charge >= 0.3 is 0 Å². The molecular formula is C14H17Cl2NO2. The summed E-state index contributed by atoms with van der Waals surface area (Å²) in [5, 5.41) is 13.7. The fourth-order valence-electron chi connectivity index (χ4n) is 2.68. The average molecular weight is 302 g/mol. The molecule has 2 rings (SSSR count). The van der Waals surface area contributed by atoms with Crippen molar-refractivity contribution in [3.63, 3.8) is 0 Å². The predicted molar refractivity (Wildman–Crippen MR) is 77.1 cm³/mol. The second-order valence-corrected chi connectivity index (χ2v) is 5.84. The molecule has 0 spiro atoms. The zero-order valence-electron chi connectivity index (χ0n) is 10.7. The zero-order valence-corrected chi connectivity index (χ0v) is 12.3. The Balaban J connectivity index is 2.32. The summed E-state index contributed by atoms with van der Waals surface area (Å²) in [7, 11) is 0. The zero-order chi connectivity index (χ0) is 14.0. The van der Waals surface area contributed by atoms with Crippen molar-refractivity contribution >= 4 is 29.0 Å². The van der Waals surface area contributed by atoms with Crippen LogP contribution in [0.5, 0.6) is 0 Å². The summed E-state index contributed by atoms with van der Waals surface area (Å²) in [6, 6.07) is 4.90. The van der Waals surface area contributed by atoms with Crippen LogP contribution < -0.4 is 5.32 Å². The molecule has 1 aliphatic rings. The number of carbonyl (C=O) groups is 1. The summed E-state index contributed by atoms with van der Waals surface area (Å²) < 4.78 is 0. The van der Waals surface area contributed by atoms with Crippen molar-refractivity contribution < 1.29 is 9.90 Å². The molecule has 104 valence electrons. The molecule has 0 saturated carbocycles. The van der Waals surface area contributed by atoms with Gasteiger partial charge in [0.05, 0.1) is 21.7 Å². The van der Waals surface area contributed by atoms with E-state index < -0.39 is 11.6 Å². The van der Waals surface area contributed by atoms with Crippen LogP contribution in [0.2, 0.25) is 10.0 Å². The third-order valence-electron chi connectivity index (χ3n) is 3.55. The number of Topliss-reactive ketones (excluding diaryl/α,β-unsaturated/α-hetero) is 1. The lowest BCUT2D eigenvalue weighted by Crippen LogP contribution is -2.47. The monoisotopic (exact) mass is 301 g/mol. The number of β-amino-alcohol motifs (C(OH)–C–C–N with tert-alkyl or cyclic N) is 1. The standard InChI is InChI=1S/C14H17Cl2NO2/c1-2-5-14(7-10(18)8-17-14)13(19)9-3-4-11(15)12(16)6-9/h3-4,6,10,17-18H,2,5,7-8H2,1H3/t10-,14-/m1/s1. The van der Waals surface area contributed by atoms with E-state index in [1.807, 2.05) is 6.92 Å². The van der Waals surface area contributed by atoms with Gasteiger partial charge in [-0.25, -0.2) is 0 Å². The lowest BCUT2D eigenvalue weighted by molar-refractivity contribution is 0.0837. The first-order valence-electron chi connectivity index (χ1n) is 6.41. The molecule has 0 bridgehead atoms. The van der Waals surface area contributed by atoms with Crippen LogP contribution in [0.4, 0.5) is 0 Å². The summed E-state index contributed by atoms with van der Waals surface area (Å²) >= 11 is 11.8. The molecule has 19 heavy (non-hydrogen) atoms.